The van der Waals surface area contributed by atoms with Gasteiger partial charge in [0.1, 0.15) is 6.07 Å². The maximum atomic E-state index is 9.03. The van der Waals surface area contributed by atoms with Gasteiger partial charge in [0.05, 0.1) is 16.9 Å². The molecule has 0 aliphatic carbocycles. The predicted molar refractivity (Wildman–Crippen MR) is 73.0 cm³/mol. The number of hydrogen-bond donors (Lipinski definition) is 2. The van der Waals surface area contributed by atoms with Gasteiger partial charge in [0.2, 0.25) is 0 Å². The molecular formula is C13H10BrN3. The summed E-state index contributed by atoms with van der Waals surface area (Å²) in [6.07, 6.45) is 0. The summed E-state index contributed by atoms with van der Waals surface area (Å²) in [6, 6.07) is 15.1. The van der Waals surface area contributed by atoms with E-state index in [4.69, 9.17) is 11.0 Å². The minimum atomic E-state index is 0.528. The minimum absolute atomic E-state index is 0.528. The molecule has 0 bridgehead atoms. The molecule has 3 nitrogen and oxygen atoms in total. The summed E-state index contributed by atoms with van der Waals surface area (Å²) in [4.78, 5) is 0. The van der Waals surface area contributed by atoms with Crippen LogP contribution in [0, 0.1) is 11.3 Å². The van der Waals surface area contributed by atoms with E-state index in [0.29, 0.717) is 11.3 Å². The van der Waals surface area contributed by atoms with Gasteiger partial charge in [0.15, 0.2) is 0 Å². The second kappa shape index (κ2) is 4.89. The highest BCUT2D eigenvalue weighted by molar-refractivity contribution is 9.10. The van der Waals surface area contributed by atoms with Crippen LogP contribution in [0.15, 0.2) is 46.9 Å². The first-order valence-corrected chi connectivity index (χ1v) is 5.81. The van der Waals surface area contributed by atoms with Crippen molar-refractivity contribution < 1.29 is 0 Å². The topological polar surface area (TPSA) is 61.8 Å². The van der Waals surface area contributed by atoms with E-state index >= 15 is 0 Å². The van der Waals surface area contributed by atoms with Crippen LogP contribution < -0.4 is 11.1 Å². The molecule has 0 heterocycles. The van der Waals surface area contributed by atoms with Gasteiger partial charge in [-0.25, -0.2) is 0 Å². The van der Waals surface area contributed by atoms with E-state index in [0.717, 1.165) is 15.8 Å². The molecular weight excluding hydrogens is 278 g/mol. The summed E-state index contributed by atoms with van der Waals surface area (Å²) in [7, 11) is 0. The number of anilines is 3. The van der Waals surface area contributed by atoms with E-state index in [1.807, 2.05) is 24.3 Å². The monoisotopic (exact) mass is 287 g/mol. The molecule has 0 aliphatic heterocycles. The van der Waals surface area contributed by atoms with Crippen LogP contribution in [0.4, 0.5) is 17.1 Å². The van der Waals surface area contributed by atoms with Crippen LogP contribution in [0.5, 0.6) is 0 Å². The Labute approximate surface area is 108 Å². The molecule has 0 saturated heterocycles. The zero-order valence-corrected chi connectivity index (χ0v) is 10.5. The fourth-order valence-corrected chi connectivity index (χ4v) is 1.85. The number of nitrogens with one attached hydrogen (secondary N) is 1. The van der Waals surface area contributed by atoms with Gasteiger partial charge >= 0.3 is 0 Å². The molecule has 2 aromatic rings. The Hall–Kier alpha value is -1.99. The van der Waals surface area contributed by atoms with Crippen LogP contribution in [-0.4, -0.2) is 0 Å². The summed E-state index contributed by atoms with van der Waals surface area (Å²) in [5.41, 5.74) is 8.40. The van der Waals surface area contributed by atoms with E-state index in [-0.39, 0.29) is 0 Å². The van der Waals surface area contributed by atoms with Crippen molar-refractivity contribution in [1.82, 2.24) is 0 Å². The Morgan fingerprint density at radius 1 is 1.12 bits per heavy atom. The normalized spacial score (nSPS) is 9.65. The summed E-state index contributed by atoms with van der Waals surface area (Å²) >= 11 is 3.44. The first-order valence-electron chi connectivity index (χ1n) is 5.02. The van der Waals surface area contributed by atoms with Crippen LogP contribution in [0.3, 0.4) is 0 Å². The standard InChI is InChI=1S/C13H10BrN3/c14-11-3-1-2-4-13(11)17-12-6-5-10(16)7-9(12)8-15/h1-7,17H,16H2. The van der Waals surface area contributed by atoms with Crippen molar-refractivity contribution in [2.45, 2.75) is 0 Å². The molecule has 0 spiro atoms. The third kappa shape index (κ3) is 2.58. The molecule has 84 valence electrons. The van der Waals surface area contributed by atoms with Crippen molar-refractivity contribution in [2.24, 2.45) is 0 Å². The van der Waals surface area contributed by atoms with Crippen molar-refractivity contribution in [3.63, 3.8) is 0 Å². The fraction of sp³-hybridized carbons (Fsp3) is 0. The number of hydrogen-bond acceptors (Lipinski definition) is 3. The molecule has 0 radical (unpaired) electrons. The Morgan fingerprint density at radius 2 is 1.88 bits per heavy atom. The number of rotatable bonds is 2. The molecule has 0 fully saturated rings. The molecule has 4 heteroatoms. The molecule has 2 aromatic carbocycles. The van der Waals surface area contributed by atoms with Gasteiger partial charge in [-0.1, -0.05) is 12.1 Å². The lowest BCUT2D eigenvalue weighted by atomic mass is 10.1. The van der Waals surface area contributed by atoms with Crippen LogP contribution in [0.2, 0.25) is 0 Å². The molecule has 0 amide bonds. The summed E-state index contributed by atoms with van der Waals surface area (Å²) in [6.45, 7) is 0. The lowest BCUT2D eigenvalue weighted by Crippen LogP contribution is -1.95. The maximum Gasteiger partial charge on any atom is 0.101 e. The van der Waals surface area contributed by atoms with Gasteiger partial charge < -0.3 is 11.1 Å². The van der Waals surface area contributed by atoms with Crippen LogP contribution >= 0.6 is 15.9 Å². The van der Waals surface area contributed by atoms with Crippen molar-refractivity contribution >= 4 is 33.0 Å². The van der Waals surface area contributed by atoms with Gasteiger partial charge in [0, 0.05) is 10.2 Å². The average molecular weight is 288 g/mol. The predicted octanol–water partition coefficient (Wildman–Crippen LogP) is 3.65. The van der Waals surface area contributed by atoms with E-state index in [2.05, 4.69) is 27.3 Å². The number of benzene rings is 2. The first-order chi connectivity index (χ1) is 8.20. The first kappa shape index (κ1) is 11.5. The smallest absolute Gasteiger partial charge is 0.101 e. The highest BCUT2D eigenvalue weighted by Gasteiger charge is 2.04. The number of halogens is 1. The molecule has 3 N–H and O–H groups in total. The van der Waals surface area contributed by atoms with Crippen LogP contribution in [0.1, 0.15) is 5.56 Å². The molecule has 0 atom stereocenters. The maximum absolute atomic E-state index is 9.03. The number of nitrogens with two attached hydrogens (primary N) is 1. The number of nitrogen functional groups attached to an aromatic ring is 1. The molecule has 0 aromatic heterocycles. The Morgan fingerprint density at radius 3 is 2.59 bits per heavy atom. The third-order valence-corrected chi connectivity index (χ3v) is 3.00. The quantitative estimate of drug-likeness (QED) is 0.829. The summed E-state index contributed by atoms with van der Waals surface area (Å²) in [5.74, 6) is 0. The van der Waals surface area contributed by atoms with E-state index < -0.39 is 0 Å². The largest absolute Gasteiger partial charge is 0.399 e. The average Bonchev–Trinajstić information content (AvgIpc) is 2.34. The van der Waals surface area contributed by atoms with Gasteiger partial charge in [-0.15, -0.1) is 0 Å². The third-order valence-electron chi connectivity index (χ3n) is 2.31. The van der Waals surface area contributed by atoms with Crippen LogP contribution in [-0.2, 0) is 0 Å². The van der Waals surface area contributed by atoms with Gasteiger partial charge in [-0.05, 0) is 46.3 Å². The molecule has 2 rings (SSSR count). The molecule has 0 saturated carbocycles. The van der Waals surface area contributed by atoms with Crippen molar-refractivity contribution in [3.8, 4) is 6.07 Å². The lowest BCUT2D eigenvalue weighted by Gasteiger charge is -2.10. The highest BCUT2D eigenvalue weighted by Crippen LogP contribution is 2.27. The number of nitrogens with zero attached hydrogens (tertiary/aromatic N) is 1. The van der Waals surface area contributed by atoms with Crippen molar-refractivity contribution in [3.05, 3.63) is 52.5 Å². The van der Waals surface area contributed by atoms with Crippen molar-refractivity contribution in [2.75, 3.05) is 11.1 Å². The zero-order valence-electron chi connectivity index (χ0n) is 8.94. The SMILES string of the molecule is N#Cc1cc(N)ccc1Nc1ccccc1Br. The van der Waals surface area contributed by atoms with E-state index in [9.17, 15) is 0 Å². The molecule has 0 aliphatic rings. The Kier molecular flexibility index (Phi) is 3.31. The highest BCUT2D eigenvalue weighted by atomic mass is 79.9. The second-order valence-electron chi connectivity index (χ2n) is 3.52. The van der Waals surface area contributed by atoms with Gasteiger partial charge in [-0.3, -0.25) is 0 Å². The van der Waals surface area contributed by atoms with Gasteiger partial charge in [0.25, 0.3) is 0 Å². The number of para-hydroxylation sites is 1. The van der Waals surface area contributed by atoms with Crippen LogP contribution in [0.25, 0.3) is 0 Å². The van der Waals surface area contributed by atoms with E-state index in [1.165, 1.54) is 0 Å². The number of nitriles is 1. The Bertz CT molecular complexity index is 587. The molecule has 0 unspecified atom stereocenters. The fourth-order valence-electron chi connectivity index (χ4n) is 1.47. The van der Waals surface area contributed by atoms with Crippen molar-refractivity contribution in [1.29, 1.82) is 5.26 Å². The summed E-state index contributed by atoms with van der Waals surface area (Å²) < 4.78 is 0.945. The molecule has 17 heavy (non-hydrogen) atoms. The summed E-state index contributed by atoms with van der Waals surface area (Å²) in [5, 5.41) is 12.2. The Balaban J connectivity index is 2.37. The second-order valence-corrected chi connectivity index (χ2v) is 4.38. The zero-order chi connectivity index (χ0) is 12.3. The minimum Gasteiger partial charge on any atom is -0.399 e. The van der Waals surface area contributed by atoms with Gasteiger partial charge in [-0.2, -0.15) is 5.26 Å². The lowest BCUT2D eigenvalue weighted by molar-refractivity contribution is 1.45. The van der Waals surface area contributed by atoms with E-state index in [1.54, 1.807) is 18.2 Å².